The Hall–Kier alpha value is -1.78. The van der Waals surface area contributed by atoms with E-state index in [0.29, 0.717) is 22.5 Å². The molecule has 0 saturated carbocycles. The lowest BCUT2D eigenvalue weighted by molar-refractivity contribution is 0.708. The van der Waals surface area contributed by atoms with Gasteiger partial charge in [-0.3, -0.25) is 4.98 Å². The van der Waals surface area contributed by atoms with Crippen LogP contribution in [0.5, 0.6) is 0 Å². The van der Waals surface area contributed by atoms with Crippen molar-refractivity contribution in [3.05, 3.63) is 63.4 Å². The lowest BCUT2D eigenvalue weighted by Crippen LogP contribution is -2.34. The van der Waals surface area contributed by atoms with Crippen molar-refractivity contribution in [1.82, 2.24) is 10.3 Å². The van der Waals surface area contributed by atoms with Crippen LogP contribution in [0.2, 0.25) is 10.0 Å². The second kappa shape index (κ2) is 7.47. The zero-order valence-corrected chi connectivity index (χ0v) is 14.0. The molecule has 0 amide bonds. The number of aromatic nitrogens is 1. The summed E-state index contributed by atoms with van der Waals surface area (Å²) < 4.78 is 0. The molecular weight excluding hydrogens is 319 g/mol. The normalized spacial score (nSPS) is 13.0. The molecule has 2 rings (SSSR count). The molecule has 1 aromatic heterocycles. The Labute approximate surface area is 140 Å². The van der Waals surface area contributed by atoms with Crippen molar-refractivity contribution in [1.29, 1.82) is 0 Å². The Morgan fingerprint density at radius 2 is 2.09 bits per heavy atom. The lowest BCUT2D eigenvalue weighted by Gasteiger charge is -2.16. The first-order chi connectivity index (χ1) is 10.5. The molecule has 0 bridgehead atoms. The second-order valence-corrected chi connectivity index (χ2v) is 5.88. The Balaban J connectivity index is 2.01. The third-order valence-electron chi connectivity index (χ3n) is 3.19. The van der Waals surface area contributed by atoms with E-state index in [1.165, 1.54) is 0 Å². The van der Waals surface area contributed by atoms with Crippen LogP contribution >= 0.6 is 23.2 Å². The molecule has 0 saturated heterocycles. The van der Waals surface area contributed by atoms with E-state index in [2.05, 4.69) is 15.3 Å². The maximum absolute atomic E-state index is 6.19. The fourth-order valence-corrected chi connectivity index (χ4v) is 2.65. The molecule has 0 aliphatic carbocycles. The van der Waals surface area contributed by atoms with E-state index in [1.54, 1.807) is 18.3 Å². The van der Waals surface area contributed by atoms with Gasteiger partial charge in [-0.1, -0.05) is 29.3 Å². The molecule has 1 unspecified atom stereocenters. The van der Waals surface area contributed by atoms with E-state index in [0.717, 1.165) is 16.8 Å². The highest BCUT2D eigenvalue weighted by molar-refractivity contribution is 6.35. The van der Waals surface area contributed by atoms with Crippen molar-refractivity contribution in [3.63, 3.8) is 0 Å². The number of aliphatic imine (C=N–C) groups is 1. The van der Waals surface area contributed by atoms with E-state index in [1.807, 2.05) is 32.0 Å². The number of nitrogens with two attached hydrogens (primary N) is 1. The quantitative estimate of drug-likeness (QED) is 0.658. The number of rotatable bonds is 4. The highest BCUT2D eigenvalue weighted by atomic mass is 35.5. The first kappa shape index (κ1) is 16.6. The van der Waals surface area contributed by atoms with Gasteiger partial charge in [0, 0.05) is 21.9 Å². The summed E-state index contributed by atoms with van der Waals surface area (Å²) in [6.45, 7) is 4.41. The average molecular weight is 337 g/mol. The zero-order valence-electron chi connectivity index (χ0n) is 12.5. The third-order valence-corrected chi connectivity index (χ3v) is 3.75. The molecule has 1 heterocycles. The van der Waals surface area contributed by atoms with Crippen molar-refractivity contribution in [2.75, 3.05) is 0 Å². The van der Waals surface area contributed by atoms with Gasteiger partial charge in [0.25, 0.3) is 0 Å². The summed E-state index contributed by atoms with van der Waals surface area (Å²) in [5.74, 6) is 0.369. The van der Waals surface area contributed by atoms with Crippen LogP contribution in [0.1, 0.15) is 29.8 Å². The highest BCUT2D eigenvalue weighted by Crippen LogP contribution is 2.25. The number of guanidine groups is 1. The minimum Gasteiger partial charge on any atom is -0.370 e. The number of nitrogens with one attached hydrogen (secondary N) is 1. The summed E-state index contributed by atoms with van der Waals surface area (Å²) in [6.07, 6.45) is 1.76. The Bertz CT molecular complexity index is 686. The summed E-state index contributed by atoms with van der Waals surface area (Å²) in [6, 6.07) is 9.23. The van der Waals surface area contributed by atoms with Crippen molar-refractivity contribution >= 4 is 29.2 Å². The van der Waals surface area contributed by atoms with Crippen molar-refractivity contribution in [3.8, 4) is 0 Å². The van der Waals surface area contributed by atoms with Crippen LogP contribution in [-0.4, -0.2) is 10.9 Å². The Kier molecular flexibility index (Phi) is 5.63. The molecular formula is C16H18Cl2N4. The standard InChI is InChI=1S/C16H18Cl2N4/c1-10-7-12(5-6-20-10)9-21-16(19)22-11(2)14-4-3-13(17)8-15(14)18/h3-8,11H,9H2,1-2H3,(H3,19,21,22). The number of benzene rings is 1. The van der Waals surface area contributed by atoms with Crippen LogP contribution in [-0.2, 0) is 6.54 Å². The molecule has 1 aromatic carbocycles. The van der Waals surface area contributed by atoms with Gasteiger partial charge in [-0.05, 0) is 49.2 Å². The van der Waals surface area contributed by atoms with Gasteiger partial charge in [0.05, 0.1) is 12.6 Å². The van der Waals surface area contributed by atoms with Gasteiger partial charge in [0.2, 0.25) is 0 Å². The molecule has 6 heteroatoms. The first-order valence-corrected chi connectivity index (χ1v) is 7.64. The molecule has 0 spiro atoms. The van der Waals surface area contributed by atoms with Gasteiger partial charge in [-0.15, -0.1) is 0 Å². The van der Waals surface area contributed by atoms with Crippen molar-refractivity contribution in [2.24, 2.45) is 10.7 Å². The lowest BCUT2D eigenvalue weighted by atomic mass is 10.1. The number of hydrogen-bond acceptors (Lipinski definition) is 2. The topological polar surface area (TPSA) is 63.3 Å². The molecule has 22 heavy (non-hydrogen) atoms. The van der Waals surface area contributed by atoms with Gasteiger partial charge in [-0.2, -0.15) is 0 Å². The fourth-order valence-electron chi connectivity index (χ4n) is 2.08. The summed E-state index contributed by atoms with van der Waals surface area (Å²) in [7, 11) is 0. The van der Waals surface area contributed by atoms with Crippen LogP contribution < -0.4 is 11.1 Å². The zero-order chi connectivity index (χ0) is 16.1. The highest BCUT2D eigenvalue weighted by Gasteiger charge is 2.10. The smallest absolute Gasteiger partial charge is 0.189 e. The summed E-state index contributed by atoms with van der Waals surface area (Å²) in [5.41, 5.74) is 8.88. The van der Waals surface area contributed by atoms with E-state index in [9.17, 15) is 0 Å². The summed E-state index contributed by atoms with van der Waals surface area (Å²) in [5, 5.41) is 4.33. The molecule has 0 radical (unpaired) electrons. The number of nitrogens with zero attached hydrogens (tertiary/aromatic N) is 2. The number of aryl methyl sites for hydroxylation is 1. The molecule has 1 atom stereocenters. The minimum atomic E-state index is -0.0623. The maximum atomic E-state index is 6.19. The predicted octanol–water partition coefficient (Wildman–Crippen LogP) is 3.86. The molecule has 116 valence electrons. The summed E-state index contributed by atoms with van der Waals surface area (Å²) in [4.78, 5) is 8.49. The van der Waals surface area contributed by atoms with Gasteiger partial charge >= 0.3 is 0 Å². The average Bonchev–Trinajstić information content (AvgIpc) is 2.45. The van der Waals surface area contributed by atoms with E-state index in [4.69, 9.17) is 28.9 Å². The van der Waals surface area contributed by atoms with Crippen LogP contribution in [0.3, 0.4) is 0 Å². The molecule has 0 fully saturated rings. The van der Waals surface area contributed by atoms with Crippen LogP contribution in [0.4, 0.5) is 0 Å². The molecule has 4 nitrogen and oxygen atoms in total. The van der Waals surface area contributed by atoms with E-state index < -0.39 is 0 Å². The maximum Gasteiger partial charge on any atom is 0.189 e. The molecule has 0 aliphatic heterocycles. The first-order valence-electron chi connectivity index (χ1n) is 6.88. The number of hydrogen-bond donors (Lipinski definition) is 2. The minimum absolute atomic E-state index is 0.0623. The van der Waals surface area contributed by atoms with E-state index in [-0.39, 0.29) is 6.04 Å². The van der Waals surface area contributed by atoms with Crippen LogP contribution in [0.25, 0.3) is 0 Å². The third kappa shape index (κ3) is 4.61. The number of halogens is 2. The summed E-state index contributed by atoms with van der Waals surface area (Å²) >= 11 is 12.1. The SMILES string of the molecule is Cc1cc(CN=C(N)NC(C)c2ccc(Cl)cc2Cl)ccn1. The van der Waals surface area contributed by atoms with E-state index >= 15 is 0 Å². The largest absolute Gasteiger partial charge is 0.370 e. The predicted molar refractivity (Wildman–Crippen MR) is 92.3 cm³/mol. The fraction of sp³-hybridized carbons (Fsp3) is 0.250. The number of pyridine rings is 1. The van der Waals surface area contributed by atoms with Gasteiger partial charge in [0.1, 0.15) is 0 Å². The molecule has 3 N–H and O–H groups in total. The van der Waals surface area contributed by atoms with Crippen LogP contribution in [0.15, 0.2) is 41.5 Å². The Morgan fingerprint density at radius 1 is 1.32 bits per heavy atom. The Morgan fingerprint density at radius 3 is 2.77 bits per heavy atom. The van der Waals surface area contributed by atoms with Crippen molar-refractivity contribution < 1.29 is 0 Å². The van der Waals surface area contributed by atoms with Gasteiger partial charge in [0.15, 0.2) is 5.96 Å². The molecule has 0 aliphatic rings. The monoisotopic (exact) mass is 336 g/mol. The second-order valence-electron chi connectivity index (χ2n) is 5.04. The van der Waals surface area contributed by atoms with Gasteiger partial charge < -0.3 is 11.1 Å². The van der Waals surface area contributed by atoms with Gasteiger partial charge in [-0.25, -0.2) is 4.99 Å². The van der Waals surface area contributed by atoms with Crippen molar-refractivity contribution in [2.45, 2.75) is 26.4 Å². The molecule has 2 aromatic rings. The van der Waals surface area contributed by atoms with Crippen LogP contribution in [0, 0.1) is 6.92 Å².